The maximum atomic E-state index is 11.0. The van der Waals surface area contributed by atoms with E-state index in [2.05, 4.69) is 5.32 Å². The minimum atomic E-state index is 0. The molecule has 0 aromatic heterocycles. The summed E-state index contributed by atoms with van der Waals surface area (Å²) >= 11 is 0. The molecule has 11 heavy (non-hydrogen) atoms. The maximum absolute atomic E-state index is 11.0. The summed E-state index contributed by atoms with van der Waals surface area (Å²) in [5.74, 6) is 0.255. The van der Waals surface area contributed by atoms with Gasteiger partial charge in [0.25, 0.3) is 0 Å². The van der Waals surface area contributed by atoms with Crippen molar-refractivity contribution in [3.63, 3.8) is 0 Å². The average molecular weight is 161 g/mol. The fourth-order valence-corrected chi connectivity index (χ4v) is 0.514. The Labute approximate surface area is 69.6 Å². The number of Topliss-reactive ketones (excluding diaryl/α,β-unsaturated/α-hetero) is 1. The van der Waals surface area contributed by atoms with E-state index < -0.39 is 0 Å². The molecule has 0 bridgehead atoms. The first kappa shape index (κ1) is 10.6. The molecular weight excluding hydrogens is 142 g/mol. The number of hydrogen-bond donors (Lipinski definition) is 1. The van der Waals surface area contributed by atoms with Crippen molar-refractivity contribution >= 4 is 5.78 Å². The van der Waals surface area contributed by atoms with Gasteiger partial charge in [-0.2, -0.15) is 0 Å². The smallest absolute Gasteiger partial charge is 0.160 e. The van der Waals surface area contributed by atoms with Gasteiger partial charge in [0.15, 0.2) is 5.78 Å². The SMILES string of the molecule is CNCCOCC(=O)C(C)C.[HH]. The van der Waals surface area contributed by atoms with Crippen molar-refractivity contribution in [3.8, 4) is 0 Å². The zero-order valence-electron chi connectivity index (χ0n) is 7.52. The fraction of sp³-hybridized carbons (Fsp3) is 0.875. The first-order valence-electron chi connectivity index (χ1n) is 3.93. The number of carbonyl (C=O) groups excluding carboxylic acids is 1. The van der Waals surface area contributed by atoms with Gasteiger partial charge < -0.3 is 10.1 Å². The summed E-state index contributed by atoms with van der Waals surface area (Å²) < 4.78 is 5.09. The van der Waals surface area contributed by atoms with E-state index >= 15 is 0 Å². The van der Waals surface area contributed by atoms with Gasteiger partial charge in [0, 0.05) is 13.9 Å². The second-order valence-electron chi connectivity index (χ2n) is 2.78. The standard InChI is InChI=1S/C8H17NO2.H2/c1-7(2)8(10)6-11-5-4-9-3;/h7,9H,4-6H2,1-3H3;1H. The quantitative estimate of drug-likeness (QED) is 0.583. The molecule has 0 atom stereocenters. The van der Waals surface area contributed by atoms with Gasteiger partial charge in [0.2, 0.25) is 0 Å². The molecule has 0 aliphatic rings. The van der Waals surface area contributed by atoms with Crippen molar-refractivity contribution in [1.29, 1.82) is 0 Å². The molecule has 1 N–H and O–H groups in total. The molecule has 0 unspecified atom stereocenters. The van der Waals surface area contributed by atoms with Crippen molar-refractivity contribution in [2.45, 2.75) is 13.8 Å². The highest BCUT2D eigenvalue weighted by Crippen LogP contribution is 1.93. The second kappa shape index (κ2) is 6.31. The lowest BCUT2D eigenvalue weighted by Crippen LogP contribution is -2.19. The third kappa shape index (κ3) is 6.01. The van der Waals surface area contributed by atoms with Crippen molar-refractivity contribution in [3.05, 3.63) is 0 Å². The van der Waals surface area contributed by atoms with Gasteiger partial charge in [-0.25, -0.2) is 0 Å². The minimum absolute atomic E-state index is 0. The monoisotopic (exact) mass is 161 g/mol. The lowest BCUT2D eigenvalue weighted by Gasteiger charge is -2.04. The van der Waals surface area contributed by atoms with Gasteiger partial charge in [0.1, 0.15) is 6.61 Å². The molecule has 68 valence electrons. The minimum Gasteiger partial charge on any atom is -0.372 e. The molecule has 0 aromatic rings. The summed E-state index contributed by atoms with van der Waals surface area (Å²) in [6, 6.07) is 0. The normalized spacial score (nSPS) is 10.5. The highest BCUT2D eigenvalue weighted by Gasteiger charge is 2.05. The molecule has 0 rings (SSSR count). The lowest BCUT2D eigenvalue weighted by atomic mass is 10.1. The van der Waals surface area contributed by atoms with Crippen LogP contribution in [0, 0.1) is 5.92 Å². The number of carbonyl (C=O) groups is 1. The summed E-state index contributed by atoms with van der Waals surface area (Å²) in [5, 5.41) is 2.93. The molecule has 0 saturated carbocycles. The summed E-state index contributed by atoms with van der Waals surface area (Å²) in [4.78, 5) is 11.0. The van der Waals surface area contributed by atoms with E-state index in [0.717, 1.165) is 6.54 Å². The van der Waals surface area contributed by atoms with Crippen molar-refractivity contribution in [2.24, 2.45) is 5.92 Å². The zero-order chi connectivity index (χ0) is 8.69. The van der Waals surface area contributed by atoms with Crippen LogP contribution in [0.25, 0.3) is 0 Å². The summed E-state index contributed by atoms with van der Waals surface area (Å²) in [6.45, 7) is 5.41. The van der Waals surface area contributed by atoms with Gasteiger partial charge in [-0.15, -0.1) is 0 Å². The molecule has 0 radical (unpaired) electrons. The van der Waals surface area contributed by atoms with Crippen LogP contribution in [0.4, 0.5) is 0 Å². The van der Waals surface area contributed by atoms with E-state index in [1.807, 2.05) is 20.9 Å². The third-order valence-electron chi connectivity index (χ3n) is 1.38. The van der Waals surface area contributed by atoms with Crippen LogP contribution in [0.5, 0.6) is 0 Å². The molecule has 0 heterocycles. The van der Waals surface area contributed by atoms with Crippen molar-refractivity contribution in [1.82, 2.24) is 5.32 Å². The van der Waals surface area contributed by atoms with Crippen LogP contribution in [-0.2, 0) is 9.53 Å². The number of rotatable bonds is 6. The zero-order valence-corrected chi connectivity index (χ0v) is 7.52. The number of nitrogens with one attached hydrogen (secondary N) is 1. The molecule has 0 spiro atoms. The van der Waals surface area contributed by atoms with Crippen LogP contribution < -0.4 is 5.32 Å². The van der Waals surface area contributed by atoms with Gasteiger partial charge in [-0.1, -0.05) is 13.8 Å². The number of ether oxygens (including phenoxy) is 1. The van der Waals surface area contributed by atoms with E-state index in [4.69, 9.17) is 4.74 Å². The van der Waals surface area contributed by atoms with Gasteiger partial charge in [0.05, 0.1) is 6.61 Å². The maximum Gasteiger partial charge on any atom is 0.160 e. The van der Waals surface area contributed by atoms with Crippen molar-refractivity contribution < 1.29 is 11.0 Å². The Hall–Kier alpha value is -0.410. The Morgan fingerprint density at radius 2 is 2.27 bits per heavy atom. The van der Waals surface area contributed by atoms with Crippen LogP contribution in [0.2, 0.25) is 0 Å². The van der Waals surface area contributed by atoms with Gasteiger partial charge in [-0.05, 0) is 7.05 Å². The Morgan fingerprint density at radius 3 is 2.73 bits per heavy atom. The molecule has 0 aliphatic carbocycles. The van der Waals surface area contributed by atoms with Crippen LogP contribution >= 0.6 is 0 Å². The number of ketones is 1. The van der Waals surface area contributed by atoms with Crippen LogP contribution in [0.1, 0.15) is 15.3 Å². The molecule has 0 aromatic carbocycles. The van der Waals surface area contributed by atoms with Crippen LogP contribution in [-0.4, -0.2) is 32.6 Å². The van der Waals surface area contributed by atoms with E-state index in [1.54, 1.807) is 0 Å². The highest BCUT2D eigenvalue weighted by molar-refractivity contribution is 5.81. The Balaban J connectivity index is 0. The molecule has 0 fully saturated rings. The van der Waals surface area contributed by atoms with Gasteiger partial charge in [-0.3, -0.25) is 4.79 Å². The van der Waals surface area contributed by atoms with E-state index in [9.17, 15) is 4.79 Å². The van der Waals surface area contributed by atoms with E-state index in [1.165, 1.54) is 0 Å². The second-order valence-corrected chi connectivity index (χ2v) is 2.78. The summed E-state index contributed by atoms with van der Waals surface area (Å²) in [6.07, 6.45) is 0. The average Bonchev–Trinajstić information content (AvgIpc) is 1.97. The van der Waals surface area contributed by atoms with E-state index in [0.29, 0.717) is 6.61 Å². The van der Waals surface area contributed by atoms with Crippen LogP contribution in [0.3, 0.4) is 0 Å². The largest absolute Gasteiger partial charge is 0.372 e. The Bertz CT molecular complexity index is 118. The Morgan fingerprint density at radius 1 is 1.64 bits per heavy atom. The predicted octanol–water partition coefficient (Wildman–Crippen LogP) is 0.693. The number of hydrogen-bond acceptors (Lipinski definition) is 3. The molecule has 0 saturated heterocycles. The summed E-state index contributed by atoms with van der Waals surface area (Å²) in [5.41, 5.74) is 0. The molecule has 3 heteroatoms. The third-order valence-corrected chi connectivity index (χ3v) is 1.38. The number of likely N-dealkylation sites (N-methyl/N-ethyl adjacent to an activating group) is 1. The molecule has 3 nitrogen and oxygen atoms in total. The van der Waals surface area contributed by atoms with Crippen molar-refractivity contribution in [2.75, 3.05) is 26.8 Å². The summed E-state index contributed by atoms with van der Waals surface area (Å²) in [7, 11) is 1.85. The predicted molar refractivity (Wildman–Crippen MR) is 46.7 cm³/mol. The topological polar surface area (TPSA) is 38.3 Å². The van der Waals surface area contributed by atoms with Crippen LogP contribution in [0.15, 0.2) is 0 Å². The van der Waals surface area contributed by atoms with Gasteiger partial charge >= 0.3 is 0 Å². The molecule has 0 aliphatic heterocycles. The Kier molecular flexibility index (Phi) is 6.07. The first-order chi connectivity index (χ1) is 5.18. The lowest BCUT2D eigenvalue weighted by molar-refractivity contribution is -0.126. The highest BCUT2D eigenvalue weighted by atomic mass is 16.5. The molecule has 0 amide bonds. The molecular formula is C8H19NO2. The fourth-order valence-electron chi connectivity index (χ4n) is 0.514. The first-order valence-corrected chi connectivity index (χ1v) is 3.93. The van der Waals surface area contributed by atoms with E-state index in [-0.39, 0.29) is 19.7 Å².